The quantitative estimate of drug-likeness (QED) is 0.521. The molecule has 0 saturated carbocycles. The molecule has 3 heterocycles. The molecule has 0 atom stereocenters. The fourth-order valence-corrected chi connectivity index (χ4v) is 2.81. The van der Waals surface area contributed by atoms with E-state index in [1.54, 1.807) is 32.5 Å². The van der Waals surface area contributed by atoms with E-state index in [1.807, 2.05) is 26.0 Å². The second-order valence-electron chi connectivity index (χ2n) is 6.28. The number of fused-ring (bicyclic) bond motifs is 1. The van der Waals surface area contributed by atoms with Crippen LogP contribution in [0, 0.1) is 0 Å². The normalized spacial score (nSPS) is 11.3. The number of rotatable bonds is 5. The van der Waals surface area contributed by atoms with Gasteiger partial charge in [-0.2, -0.15) is 0 Å². The molecule has 0 spiro atoms. The van der Waals surface area contributed by atoms with Crippen molar-refractivity contribution in [2.24, 2.45) is 0 Å². The number of ether oxygens (including phenoxy) is 2. The predicted octanol–water partition coefficient (Wildman–Crippen LogP) is 4.08. The average Bonchev–Trinajstić information content (AvgIpc) is 3.34. The minimum absolute atomic E-state index is 0.213. The van der Waals surface area contributed by atoms with Crippen molar-refractivity contribution in [1.82, 2.24) is 20.3 Å². The highest BCUT2D eigenvalue weighted by atomic mass is 16.5. The molecule has 27 heavy (non-hydrogen) atoms. The van der Waals surface area contributed by atoms with Crippen LogP contribution >= 0.6 is 0 Å². The molecule has 8 heteroatoms. The molecule has 4 aromatic rings. The van der Waals surface area contributed by atoms with Crippen LogP contribution in [-0.4, -0.2) is 34.6 Å². The van der Waals surface area contributed by atoms with Gasteiger partial charge in [-0.15, -0.1) is 10.2 Å². The Hall–Kier alpha value is -3.42. The highest BCUT2D eigenvalue weighted by molar-refractivity contribution is 5.80. The van der Waals surface area contributed by atoms with Gasteiger partial charge in [-0.1, -0.05) is 19.0 Å². The lowest BCUT2D eigenvalue weighted by atomic mass is 10.1. The van der Waals surface area contributed by atoms with E-state index in [0.717, 1.165) is 11.1 Å². The molecular formula is C19H18N4O4. The number of hydrogen-bond donors (Lipinski definition) is 0. The zero-order chi connectivity index (χ0) is 19.0. The summed E-state index contributed by atoms with van der Waals surface area (Å²) in [4.78, 5) is 4.30. The fourth-order valence-electron chi connectivity index (χ4n) is 2.81. The molecule has 0 N–H and O–H groups in total. The van der Waals surface area contributed by atoms with Crippen LogP contribution in [0.25, 0.3) is 34.0 Å². The van der Waals surface area contributed by atoms with Crippen molar-refractivity contribution in [2.75, 3.05) is 14.2 Å². The summed E-state index contributed by atoms with van der Waals surface area (Å²) >= 11 is 0. The van der Waals surface area contributed by atoms with Crippen molar-refractivity contribution >= 4 is 11.1 Å². The summed E-state index contributed by atoms with van der Waals surface area (Å²) < 4.78 is 21.8. The lowest BCUT2D eigenvalue weighted by molar-refractivity contribution is 0.394. The second kappa shape index (κ2) is 6.71. The first-order valence-electron chi connectivity index (χ1n) is 8.42. The Morgan fingerprint density at radius 2 is 1.81 bits per heavy atom. The molecule has 0 bridgehead atoms. The van der Waals surface area contributed by atoms with E-state index >= 15 is 0 Å². The molecule has 0 saturated heterocycles. The van der Waals surface area contributed by atoms with Crippen molar-refractivity contribution in [3.63, 3.8) is 0 Å². The number of hydrogen-bond acceptors (Lipinski definition) is 8. The number of nitrogens with zero attached hydrogens (tertiary/aromatic N) is 4. The van der Waals surface area contributed by atoms with Crippen LogP contribution < -0.4 is 9.47 Å². The van der Waals surface area contributed by atoms with Crippen LogP contribution in [0.3, 0.4) is 0 Å². The molecule has 1 aromatic carbocycles. The molecule has 0 aliphatic carbocycles. The van der Waals surface area contributed by atoms with Gasteiger partial charge in [0.05, 0.1) is 36.4 Å². The van der Waals surface area contributed by atoms with Gasteiger partial charge in [0.2, 0.25) is 5.89 Å². The number of methoxy groups -OCH3 is 2. The van der Waals surface area contributed by atoms with Crippen LogP contribution in [-0.2, 0) is 0 Å². The van der Waals surface area contributed by atoms with Gasteiger partial charge in [-0.05, 0) is 24.1 Å². The molecule has 0 amide bonds. The van der Waals surface area contributed by atoms with Gasteiger partial charge >= 0.3 is 0 Å². The lowest BCUT2D eigenvalue weighted by Crippen LogP contribution is -1.90. The van der Waals surface area contributed by atoms with Crippen LogP contribution in [0.15, 0.2) is 39.4 Å². The minimum Gasteiger partial charge on any atom is -0.497 e. The van der Waals surface area contributed by atoms with E-state index in [0.29, 0.717) is 40.1 Å². The topological polar surface area (TPSA) is 96.3 Å². The first-order valence-corrected chi connectivity index (χ1v) is 8.42. The van der Waals surface area contributed by atoms with Gasteiger partial charge in [-0.25, -0.2) is 4.98 Å². The third kappa shape index (κ3) is 2.99. The summed E-state index contributed by atoms with van der Waals surface area (Å²) in [6, 6.07) is 7.28. The Kier molecular flexibility index (Phi) is 4.23. The summed E-state index contributed by atoms with van der Waals surface area (Å²) in [5.74, 6) is 2.18. The summed E-state index contributed by atoms with van der Waals surface area (Å²) in [7, 11) is 3.17. The maximum Gasteiger partial charge on any atom is 0.257 e. The van der Waals surface area contributed by atoms with Gasteiger partial charge in [0.1, 0.15) is 11.5 Å². The van der Waals surface area contributed by atoms with E-state index in [2.05, 4.69) is 20.3 Å². The molecule has 0 unspecified atom stereocenters. The first kappa shape index (κ1) is 17.0. The Morgan fingerprint density at radius 1 is 1.00 bits per heavy atom. The number of aromatic nitrogens is 4. The average molecular weight is 366 g/mol. The largest absolute Gasteiger partial charge is 0.497 e. The molecule has 0 aliphatic heterocycles. The monoisotopic (exact) mass is 366 g/mol. The Morgan fingerprint density at radius 3 is 2.56 bits per heavy atom. The Labute approximate surface area is 155 Å². The third-order valence-electron chi connectivity index (χ3n) is 4.22. The highest BCUT2D eigenvalue weighted by Gasteiger charge is 2.18. The molecule has 4 rings (SSSR count). The van der Waals surface area contributed by atoms with Crippen molar-refractivity contribution in [1.29, 1.82) is 0 Å². The fraction of sp³-hybridized carbons (Fsp3) is 0.263. The Balaban J connectivity index is 1.75. The van der Waals surface area contributed by atoms with Crippen LogP contribution in [0.4, 0.5) is 0 Å². The van der Waals surface area contributed by atoms with Gasteiger partial charge in [0.15, 0.2) is 0 Å². The molecule has 8 nitrogen and oxygen atoms in total. The molecule has 0 fully saturated rings. The van der Waals surface area contributed by atoms with Crippen molar-refractivity contribution in [3.05, 3.63) is 36.2 Å². The zero-order valence-electron chi connectivity index (χ0n) is 15.4. The van der Waals surface area contributed by atoms with E-state index in [-0.39, 0.29) is 5.92 Å². The third-order valence-corrected chi connectivity index (χ3v) is 4.22. The van der Waals surface area contributed by atoms with Crippen molar-refractivity contribution in [2.45, 2.75) is 19.8 Å². The van der Waals surface area contributed by atoms with Crippen molar-refractivity contribution < 1.29 is 18.4 Å². The maximum absolute atomic E-state index is 5.86. The standard InChI is InChI=1S/C19H18N4O4/c1-10(2)16-14-7-11(9-20-18(14)27-23-16)17-21-22-19(26-17)13-6-5-12(24-3)8-15(13)25-4/h5-10H,1-4H3. The van der Waals surface area contributed by atoms with Crippen LogP contribution in [0.5, 0.6) is 11.5 Å². The summed E-state index contributed by atoms with van der Waals surface area (Å²) in [6.07, 6.45) is 1.63. The van der Waals surface area contributed by atoms with Gasteiger partial charge < -0.3 is 18.4 Å². The smallest absolute Gasteiger partial charge is 0.257 e. The number of benzene rings is 1. The SMILES string of the molecule is COc1ccc(-c2nnc(-c3cnc4onc(C(C)C)c4c3)o2)c(OC)c1. The molecular weight excluding hydrogens is 348 g/mol. The second-order valence-corrected chi connectivity index (χ2v) is 6.28. The number of pyridine rings is 1. The summed E-state index contributed by atoms with van der Waals surface area (Å²) in [6.45, 7) is 4.09. The first-order chi connectivity index (χ1) is 13.1. The molecule has 0 radical (unpaired) electrons. The van der Waals surface area contributed by atoms with E-state index in [1.165, 1.54) is 0 Å². The van der Waals surface area contributed by atoms with Gasteiger partial charge in [0, 0.05) is 12.3 Å². The van der Waals surface area contributed by atoms with E-state index in [4.69, 9.17) is 18.4 Å². The minimum atomic E-state index is 0.213. The summed E-state index contributed by atoms with van der Waals surface area (Å²) in [5, 5.41) is 13.2. The van der Waals surface area contributed by atoms with Gasteiger partial charge in [-0.3, -0.25) is 0 Å². The lowest BCUT2D eigenvalue weighted by Gasteiger charge is -2.07. The van der Waals surface area contributed by atoms with Gasteiger partial charge in [0.25, 0.3) is 11.6 Å². The van der Waals surface area contributed by atoms with Crippen LogP contribution in [0.1, 0.15) is 25.5 Å². The summed E-state index contributed by atoms with van der Waals surface area (Å²) in [5.41, 5.74) is 2.70. The Bertz CT molecular complexity index is 1100. The van der Waals surface area contributed by atoms with Crippen molar-refractivity contribution in [3.8, 4) is 34.4 Å². The highest BCUT2D eigenvalue weighted by Crippen LogP contribution is 2.34. The van der Waals surface area contributed by atoms with Crippen LogP contribution in [0.2, 0.25) is 0 Å². The van der Waals surface area contributed by atoms with E-state index < -0.39 is 0 Å². The predicted molar refractivity (Wildman–Crippen MR) is 97.7 cm³/mol. The molecule has 0 aliphatic rings. The molecule has 3 aromatic heterocycles. The van der Waals surface area contributed by atoms with E-state index in [9.17, 15) is 0 Å². The molecule has 138 valence electrons. The zero-order valence-corrected chi connectivity index (χ0v) is 15.4. The maximum atomic E-state index is 5.86.